The fraction of sp³-hybridized carbons (Fsp3) is 0.143. The van der Waals surface area contributed by atoms with E-state index in [1.54, 1.807) is 0 Å². The van der Waals surface area contributed by atoms with Crippen LogP contribution < -0.4 is 4.74 Å². The highest BCUT2D eigenvalue weighted by Gasteiger charge is 2.18. The molecule has 1 rings (SSSR count). The van der Waals surface area contributed by atoms with Crippen molar-refractivity contribution in [2.45, 2.75) is 6.61 Å². The number of alkyl halides is 2. The minimum atomic E-state index is -3.02. The van der Waals surface area contributed by atoms with Crippen molar-refractivity contribution in [1.82, 2.24) is 0 Å². The number of nitrogens with zero attached hydrogens (tertiary/aromatic N) is 1. The molecule has 0 aliphatic carbocycles. The van der Waals surface area contributed by atoms with Crippen molar-refractivity contribution in [2.75, 3.05) is 0 Å². The molecule has 0 unspecified atom stereocenters. The van der Waals surface area contributed by atoms with Crippen LogP contribution in [0.1, 0.15) is 0 Å². The lowest BCUT2D eigenvalue weighted by Gasteiger charge is -2.06. The SMILES string of the molecule is O=[N+]([O-])c1cc(OC(F)F)cc(Br)c1Br. The van der Waals surface area contributed by atoms with Gasteiger partial charge in [0.2, 0.25) is 0 Å². The highest BCUT2D eigenvalue weighted by molar-refractivity contribution is 9.13. The van der Waals surface area contributed by atoms with Crippen LogP contribution in [0.25, 0.3) is 0 Å². The fourth-order valence-electron chi connectivity index (χ4n) is 0.854. The molecule has 0 radical (unpaired) electrons. The summed E-state index contributed by atoms with van der Waals surface area (Å²) in [5, 5.41) is 10.5. The topological polar surface area (TPSA) is 52.4 Å². The maximum atomic E-state index is 11.9. The van der Waals surface area contributed by atoms with Gasteiger partial charge in [0.25, 0.3) is 5.69 Å². The Morgan fingerprint density at radius 3 is 2.47 bits per heavy atom. The van der Waals surface area contributed by atoms with E-state index in [2.05, 4.69) is 36.6 Å². The van der Waals surface area contributed by atoms with Crippen molar-refractivity contribution in [3.8, 4) is 5.75 Å². The Morgan fingerprint density at radius 2 is 2.00 bits per heavy atom. The smallest absolute Gasteiger partial charge is 0.387 e. The average Bonchev–Trinajstić information content (AvgIpc) is 2.09. The number of hydrogen-bond donors (Lipinski definition) is 0. The molecule has 0 aliphatic rings. The molecule has 0 saturated carbocycles. The molecule has 0 heterocycles. The molecule has 0 saturated heterocycles. The van der Waals surface area contributed by atoms with Gasteiger partial charge in [0.05, 0.1) is 11.0 Å². The van der Waals surface area contributed by atoms with Crippen LogP contribution in [0.4, 0.5) is 14.5 Å². The number of benzene rings is 1. The van der Waals surface area contributed by atoms with E-state index in [9.17, 15) is 18.9 Å². The minimum Gasteiger partial charge on any atom is -0.435 e. The number of halogens is 4. The lowest BCUT2D eigenvalue weighted by atomic mass is 10.3. The number of hydrogen-bond acceptors (Lipinski definition) is 3. The molecule has 0 atom stereocenters. The van der Waals surface area contributed by atoms with E-state index in [4.69, 9.17) is 0 Å². The second kappa shape index (κ2) is 4.84. The van der Waals surface area contributed by atoms with Gasteiger partial charge in [-0.1, -0.05) is 0 Å². The predicted molar refractivity (Wildman–Crippen MR) is 55.1 cm³/mol. The second-order valence-electron chi connectivity index (χ2n) is 2.37. The molecule has 0 aliphatic heterocycles. The normalized spacial score (nSPS) is 10.5. The summed E-state index contributed by atoms with van der Waals surface area (Å²) in [5.41, 5.74) is -0.347. The van der Waals surface area contributed by atoms with Crippen LogP contribution in [-0.4, -0.2) is 11.5 Å². The number of rotatable bonds is 3. The first-order valence-electron chi connectivity index (χ1n) is 3.50. The number of nitro benzene ring substituents is 1. The molecule has 0 spiro atoms. The Kier molecular flexibility index (Phi) is 3.97. The van der Waals surface area contributed by atoms with E-state index in [-0.39, 0.29) is 20.4 Å². The maximum absolute atomic E-state index is 11.9. The maximum Gasteiger partial charge on any atom is 0.387 e. The van der Waals surface area contributed by atoms with Gasteiger partial charge in [-0.3, -0.25) is 10.1 Å². The Labute approximate surface area is 99.6 Å². The molecule has 82 valence electrons. The number of nitro groups is 1. The Hall–Kier alpha value is -0.760. The molecule has 0 bridgehead atoms. The lowest BCUT2D eigenvalue weighted by molar-refractivity contribution is -0.385. The zero-order valence-corrected chi connectivity index (χ0v) is 10.1. The van der Waals surface area contributed by atoms with Crippen LogP contribution in [0.5, 0.6) is 5.75 Å². The van der Waals surface area contributed by atoms with Gasteiger partial charge >= 0.3 is 6.61 Å². The van der Waals surface area contributed by atoms with E-state index in [0.29, 0.717) is 0 Å². The van der Waals surface area contributed by atoms with E-state index >= 15 is 0 Å². The molecular weight excluding hydrogens is 344 g/mol. The first kappa shape index (κ1) is 12.3. The molecule has 0 N–H and O–H groups in total. The summed E-state index contributed by atoms with van der Waals surface area (Å²) >= 11 is 5.93. The third-order valence-corrected chi connectivity index (χ3v) is 3.40. The van der Waals surface area contributed by atoms with E-state index in [1.807, 2.05) is 0 Å². The van der Waals surface area contributed by atoms with E-state index < -0.39 is 11.5 Å². The summed E-state index contributed by atoms with van der Waals surface area (Å²) in [6.45, 7) is -3.02. The summed E-state index contributed by atoms with van der Waals surface area (Å²) in [6.07, 6.45) is 0. The van der Waals surface area contributed by atoms with Gasteiger partial charge in [0, 0.05) is 4.47 Å². The van der Waals surface area contributed by atoms with Crippen LogP contribution in [0, 0.1) is 10.1 Å². The highest BCUT2D eigenvalue weighted by atomic mass is 79.9. The van der Waals surface area contributed by atoms with Crippen LogP contribution in [0.2, 0.25) is 0 Å². The number of ether oxygens (including phenoxy) is 1. The molecule has 1 aromatic rings. The highest BCUT2D eigenvalue weighted by Crippen LogP contribution is 2.36. The van der Waals surface area contributed by atoms with Crippen molar-refractivity contribution in [3.63, 3.8) is 0 Å². The summed E-state index contributed by atoms with van der Waals surface area (Å²) in [5.74, 6) is -0.272. The lowest BCUT2D eigenvalue weighted by Crippen LogP contribution is -2.02. The molecule has 0 fully saturated rings. The molecular formula is C7H3Br2F2NO3. The molecule has 8 heteroatoms. The van der Waals surface area contributed by atoms with Crippen LogP contribution in [-0.2, 0) is 0 Å². The first-order valence-corrected chi connectivity index (χ1v) is 5.08. The van der Waals surface area contributed by atoms with E-state index in [0.717, 1.165) is 6.07 Å². The van der Waals surface area contributed by atoms with Gasteiger partial charge in [0.1, 0.15) is 10.2 Å². The van der Waals surface area contributed by atoms with Gasteiger partial charge in [0.15, 0.2) is 0 Å². The Balaban J connectivity index is 3.17. The van der Waals surface area contributed by atoms with Gasteiger partial charge < -0.3 is 4.74 Å². The minimum absolute atomic E-state index is 0.175. The molecule has 1 aromatic carbocycles. The van der Waals surface area contributed by atoms with Gasteiger partial charge in [-0.15, -0.1) is 0 Å². The van der Waals surface area contributed by atoms with Crippen LogP contribution >= 0.6 is 31.9 Å². The summed E-state index contributed by atoms with van der Waals surface area (Å²) in [4.78, 5) is 9.82. The van der Waals surface area contributed by atoms with Crippen molar-refractivity contribution in [3.05, 3.63) is 31.2 Å². The Bertz CT molecular complexity index is 400. The largest absolute Gasteiger partial charge is 0.435 e. The summed E-state index contributed by atoms with van der Waals surface area (Å²) in [7, 11) is 0. The third-order valence-electron chi connectivity index (χ3n) is 1.40. The van der Waals surface area contributed by atoms with Crippen molar-refractivity contribution < 1.29 is 18.4 Å². The fourth-order valence-corrected chi connectivity index (χ4v) is 1.66. The quantitative estimate of drug-likeness (QED) is 0.619. The molecule has 4 nitrogen and oxygen atoms in total. The Morgan fingerprint density at radius 1 is 1.40 bits per heavy atom. The third kappa shape index (κ3) is 3.10. The molecule has 15 heavy (non-hydrogen) atoms. The van der Waals surface area contributed by atoms with Crippen LogP contribution in [0.15, 0.2) is 21.1 Å². The molecule has 0 aromatic heterocycles. The van der Waals surface area contributed by atoms with Gasteiger partial charge in [-0.05, 0) is 37.9 Å². The van der Waals surface area contributed by atoms with Crippen LogP contribution in [0.3, 0.4) is 0 Å². The first-order chi connectivity index (χ1) is 6.91. The van der Waals surface area contributed by atoms with Gasteiger partial charge in [-0.25, -0.2) is 0 Å². The van der Waals surface area contributed by atoms with E-state index in [1.165, 1.54) is 6.07 Å². The standard InChI is InChI=1S/C7H3Br2F2NO3/c8-4-1-3(15-7(10)11)2-5(6(4)9)12(13)14/h1-2,7H. The molecule has 0 amide bonds. The predicted octanol–water partition coefficient (Wildman–Crippen LogP) is 3.72. The zero-order chi connectivity index (χ0) is 11.6. The van der Waals surface area contributed by atoms with Crippen molar-refractivity contribution >= 4 is 37.5 Å². The monoisotopic (exact) mass is 345 g/mol. The van der Waals surface area contributed by atoms with Gasteiger partial charge in [-0.2, -0.15) is 8.78 Å². The zero-order valence-electron chi connectivity index (χ0n) is 6.92. The average molecular weight is 347 g/mol. The summed E-state index contributed by atoms with van der Waals surface area (Å²) < 4.78 is 28.2. The summed E-state index contributed by atoms with van der Waals surface area (Å²) in [6, 6.07) is 2.13. The van der Waals surface area contributed by atoms with Crippen molar-refractivity contribution in [1.29, 1.82) is 0 Å². The second-order valence-corrected chi connectivity index (χ2v) is 4.02. The van der Waals surface area contributed by atoms with Crippen molar-refractivity contribution in [2.24, 2.45) is 0 Å².